The van der Waals surface area contributed by atoms with Gasteiger partial charge in [0.05, 0.1) is 11.1 Å². The monoisotopic (exact) mass is 384 g/mol. The molecule has 28 heavy (non-hydrogen) atoms. The number of aromatic amines is 1. The molecule has 146 valence electrons. The van der Waals surface area contributed by atoms with Crippen molar-refractivity contribution in [3.05, 3.63) is 59.4 Å². The summed E-state index contributed by atoms with van der Waals surface area (Å²) in [5, 5.41) is 22.8. The van der Waals surface area contributed by atoms with Crippen molar-refractivity contribution in [2.75, 3.05) is 18.4 Å². The van der Waals surface area contributed by atoms with Crippen LogP contribution in [0.15, 0.2) is 42.5 Å². The highest BCUT2D eigenvalue weighted by molar-refractivity contribution is 5.96. The molecule has 7 nitrogen and oxygen atoms in total. The number of nitrogens with zero attached hydrogens (tertiary/aromatic N) is 2. The molecule has 0 radical (unpaired) electrons. The minimum atomic E-state index is -1.06. The van der Waals surface area contributed by atoms with Gasteiger partial charge in [-0.05, 0) is 49.1 Å². The van der Waals surface area contributed by atoms with Crippen molar-refractivity contribution < 1.29 is 19.1 Å². The Morgan fingerprint density at radius 2 is 2.04 bits per heavy atom. The van der Waals surface area contributed by atoms with Gasteiger partial charge in [0.25, 0.3) is 0 Å². The summed E-state index contributed by atoms with van der Waals surface area (Å²) in [7, 11) is 0. The molecule has 0 unspecified atom stereocenters. The number of aryl methyl sites for hydroxylation is 1. The minimum Gasteiger partial charge on any atom is -0.385 e. The molecule has 2 heterocycles. The van der Waals surface area contributed by atoms with Crippen molar-refractivity contribution in [2.45, 2.75) is 25.4 Å². The molecule has 0 bridgehead atoms. The van der Waals surface area contributed by atoms with Crippen molar-refractivity contribution in [3.8, 4) is 0 Å². The number of hydrogen-bond donors (Lipinski definition) is 3. The van der Waals surface area contributed by atoms with Crippen LogP contribution in [0.5, 0.6) is 0 Å². The van der Waals surface area contributed by atoms with E-state index in [1.807, 2.05) is 24.3 Å². The van der Waals surface area contributed by atoms with E-state index in [0.717, 1.165) is 10.9 Å². The van der Waals surface area contributed by atoms with Crippen LogP contribution < -0.4 is 5.32 Å². The number of carbonyl (C=O) groups excluding carboxylic acids is 1. The third kappa shape index (κ3) is 3.56. The normalized spacial score (nSPS) is 16.8. The second-order valence-corrected chi connectivity index (χ2v) is 7.05. The summed E-state index contributed by atoms with van der Waals surface area (Å²) in [5.41, 5.74) is 0.928. The molecule has 1 fully saturated rings. The first-order chi connectivity index (χ1) is 13.4. The highest BCUT2D eigenvalue weighted by Gasteiger charge is 2.35. The minimum absolute atomic E-state index is 0.296. The lowest BCUT2D eigenvalue weighted by Crippen LogP contribution is -2.44. The average Bonchev–Trinajstić information content (AvgIpc) is 3.09. The van der Waals surface area contributed by atoms with E-state index in [9.17, 15) is 14.3 Å². The number of nitrogens with one attached hydrogen (secondary N) is 2. The molecule has 0 aliphatic carbocycles. The molecule has 1 saturated heterocycles. The van der Waals surface area contributed by atoms with E-state index in [1.54, 1.807) is 19.1 Å². The van der Waals surface area contributed by atoms with Crippen LogP contribution in [-0.4, -0.2) is 39.5 Å². The van der Waals surface area contributed by atoms with Crippen LogP contribution in [0.3, 0.4) is 0 Å². The highest BCUT2D eigenvalue weighted by atomic mass is 19.1. The number of halogens is 1. The van der Waals surface area contributed by atoms with Gasteiger partial charge >= 0.3 is 6.09 Å². The van der Waals surface area contributed by atoms with Gasteiger partial charge in [0.2, 0.25) is 0 Å². The molecule has 0 atom stereocenters. The molecule has 1 aliphatic rings. The molecule has 2 aromatic carbocycles. The largest absolute Gasteiger partial charge is 0.432 e. The highest BCUT2D eigenvalue weighted by Crippen LogP contribution is 2.33. The van der Waals surface area contributed by atoms with Gasteiger partial charge in [0, 0.05) is 18.5 Å². The maximum atomic E-state index is 13.5. The molecule has 1 aliphatic heterocycles. The first-order valence-corrected chi connectivity index (χ1v) is 9.11. The fraction of sp³-hybridized carbons (Fsp3) is 0.300. The van der Waals surface area contributed by atoms with Gasteiger partial charge < -0.3 is 9.94 Å². The Morgan fingerprint density at radius 1 is 1.29 bits per heavy atom. The number of aliphatic hydroxyl groups is 1. The Labute approximate surface area is 161 Å². The first kappa shape index (κ1) is 18.4. The number of piperidine rings is 1. The maximum Gasteiger partial charge on any atom is 0.432 e. The smallest absolute Gasteiger partial charge is 0.385 e. The lowest BCUT2D eigenvalue weighted by Gasteiger charge is -2.37. The summed E-state index contributed by atoms with van der Waals surface area (Å²) in [6.07, 6.45) is 0.105. The van der Waals surface area contributed by atoms with Gasteiger partial charge in [0.15, 0.2) is 5.82 Å². The van der Waals surface area contributed by atoms with Crippen molar-refractivity contribution in [3.63, 3.8) is 0 Å². The van der Waals surface area contributed by atoms with E-state index in [0.29, 0.717) is 42.9 Å². The number of anilines is 1. The number of carbonyl (C=O) groups is 1. The lowest BCUT2D eigenvalue weighted by atomic mass is 9.84. The summed E-state index contributed by atoms with van der Waals surface area (Å²) < 4.78 is 13.5. The molecule has 3 N–H and O–H groups in total. The quantitative estimate of drug-likeness (QED) is 0.643. The molecule has 0 spiro atoms. The van der Waals surface area contributed by atoms with Crippen molar-refractivity contribution in [2.24, 2.45) is 0 Å². The number of aromatic nitrogens is 2. The number of hydroxylamine groups is 2. The zero-order valence-corrected chi connectivity index (χ0v) is 15.4. The average molecular weight is 384 g/mol. The van der Waals surface area contributed by atoms with Gasteiger partial charge in [-0.3, -0.25) is 10.4 Å². The zero-order valence-electron chi connectivity index (χ0n) is 15.4. The SMILES string of the molecule is Cc1cc(C2(O)CCN(OC(=O)Nc3n[nH]c4ccccc34)CC2)ccc1F. The third-order valence-corrected chi connectivity index (χ3v) is 5.15. The predicted octanol–water partition coefficient (Wildman–Crippen LogP) is 3.46. The Morgan fingerprint density at radius 3 is 2.79 bits per heavy atom. The summed E-state index contributed by atoms with van der Waals surface area (Å²) in [6, 6.07) is 12.1. The molecular weight excluding hydrogens is 363 g/mol. The standard InChI is InChI=1S/C20H21FN4O3/c1-13-12-14(6-7-16(13)21)20(27)8-10-25(11-9-20)28-19(26)22-18-15-4-2-3-5-17(15)23-24-18/h2-7,12,27H,8-11H2,1H3,(H2,22,23,24,26). The predicted molar refractivity (Wildman–Crippen MR) is 102 cm³/mol. The summed E-state index contributed by atoms with van der Waals surface area (Å²) >= 11 is 0. The molecule has 8 heteroatoms. The van der Waals surface area contributed by atoms with Crippen LogP contribution in [-0.2, 0) is 10.4 Å². The van der Waals surface area contributed by atoms with Crippen molar-refractivity contribution in [1.29, 1.82) is 0 Å². The van der Waals surface area contributed by atoms with E-state index in [-0.39, 0.29) is 5.82 Å². The fourth-order valence-electron chi connectivity index (χ4n) is 3.47. The van der Waals surface area contributed by atoms with Gasteiger partial charge in [-0.25, -0.2) is 9.18 Å². The van der Waals surface area contributed by atoms with Gasteiger partial charge in [-0.1, -0.05) is 24.3 Å². The lowest BCUT2D eigenvalue weighted by molar-refractivity contribution is -0.148. The number of fused-ring (bicyclic) bond motifs is 1. The second-order valence-electron chi connectivity index (χ2n) is 7.05. The summed E-state index contributed by atoms with van der Waals surface area (Å²) in [4.78, 5) is 17.5. The first-order valence-electron chi connectivity index (χ1n) is 9.11. The summed E-state index contributed by atoms with van der Waals surface area (Å²) in [6.45, 7) is 2.40. The number of rotatable bonds is 3. The fourth-order valence-corrected chi connectivity index (χ4v) is 3.47. The molecular formula is C20H21FN4O3. The molecule has 4 rings (SSSR count). The van der Waals surface area contributed by atoms with Gasteiger partial charge in [-0.15, -0.1) is 5.06 Å². The molecule has 1 amide bonds. The van der Waals surface area contributed by atoms with Gasteiger partial charge in [-0.2, -0.15) is 5.10 Å². The maximum absolute atomic E-state index is 13.5. The van der Waals surface area contributed by atoms with Crippen LogP contribution in [0.2, 0.25) is 0 Å². The topological polar surface area (TPSA) is 90.5 Å². The Kier molecular flexibility index (Phi) is 4.74. The van der Waals surface area contributed by atoms with Crippen LogP contribution in [0, 0.1) is 12.7 Å². The van der Waals surface area contributed by atoms with Crippen molar-refractivity contribution in [1.82, 2.24) is 15.3 Å². The number of benzene rings is 2. The Bertz CT molecular complexity index is 1010. The number of hydrogen-bond acceptors (Lipinski definition) is 5. The van der Waals surface area contributed by atoms with Crippen LogP contribution >= 0.6 is 0 Å². The number of H-pyrrole nitrogens is 1. The Balaban J connectivity index is 1.36. The van der Waals surface area contributed by atoms with E-state index < -0.39 is 11.7 Å². The third-order valence-electron chi connectivity index (χ3n) is 5.15. The molecule has 0 saturated carbocycles. The number of para-hydroxylation sites is 1. The molecule has 3 aromatic rings. The zero-order chi connectivity index (χ0) is 19.7. The van der Waals surface area contributed by atoms with Crippen LogP contribution in [0.25, 0.3) is 10.9 Å². The van der Waals surface area contributed by atoms with Gasteiger partial charge in [0.1, 0.15) is 5.82 Å². The van der Waals surface area contributed by atoms with Crippen LogP contribution in [0.1, 0.15) is 24.0 Å². The molecule has 1 aromatic heterocycles. The van der Waals surface area contributed by atoms with E-state index >= 15 is 0 Å². The van der Waals surface area contributed by atoms with Crippen LogP contribution in [0.4, 0.5) is 15.0 Å². The Hall–Kier alpha value is -2.97. The second kappa shape index (κ2) is 7.21. The van der Waals surface area contributed by atoms with E-state index in [1.165, 1.54) is 11.1 Å². The number of amides is 1. The van der Waals surface area contributed by atoms with Crippen molar-refractivity contribution >= 4 is 22.8 Å². The summed E-state index contributed by atoms with van der Waals surface area (Å²) in [5.74, 6) is 0.103. The van der Waals surface area contributed by atoms with E-state index in [2.05, 4.69) is 15.5 Å². The van der Waals surface area contributed by atoms with E-state index in [4.69, 9.17) is 4.84 Å².